The second-order valence-electron chi connectivity index (χ2n) is 4.88. The summed E-state index contributed by atoms with van der Waals surface area (Å²) in [6.45, 7) is 0.890. The third-order valence-corrected chi connectivity index (χ3v) is 3.96. The number of nitrogens with two attached hydrogens (primary N) is 1. The predicted molar refractivity (Wildman–Crippen MR) is 60.7 cm³/mol. The second-order valence-corrected chi connectivity index (χ2v) is 4.88. The first-order chi connectivity index (χ1) is 6.29. The lowest BCUT2D eigenvalue weighted by atomic mass is 9.33. The van der Waals surface area contributed by atoms with Gasteiger partial charge in [-0.1, -0.05) is 30.3 Å². The Morgan fingerprint density at radius 2 is 1.64 bits per heavy atom. The van der Waals surface area contributed by atoms with Crippen LogP contribution in [-0.2, 0) is 5.41 Å². The van der Waals surface area contributed by atoms with Crippen LogP contribution in [0.1, 0.15) is 24.8 Å². The van der Waals surface area contributed by atoms with Crippen LogP contribution >= 0.6 is 12.4 Å². The average Bonchev–Trinajstić information content (AvgIpc) is 2.02. The largest absolute Gasteiger partial charge is 0.330 e. The molecule has 0 amide bonds. The van der Waals surface area contributed by atoms with Crippen LogP contribution in [0, 0.1) is 5.41 Å². The number of rotatable bonds is 2. The van der Waals surface area contributed by atoms with Crippen molar-refractivity contribution in [3.8, 4) is 0 Å². The standard InChI is InChI=1S/C12H15N.ClH/c13-9-11-6-12(7-11,8-11)10-4-2-1-3-5-10;/h1-5H,6-9,13H2;1H. The van der Waals surface area contributed by atoms with Crippen molar-refractivity contribution in [3.63, 3.8) is 0 Å². The van der Waals surface area contributed by atoms with E-state index in [2.05, 4.69) is 30.3 Å². The zero-order chi connectivity index (χ0) is 8.94. The molecule has 4 rings (SSSR count). The maximum Gasteiger partial charge on any atom is -0.00196 e. The lowest BCUT2D eigenvalue weighted by Crippen LogP contribution is -2.67. The molecule has 0 spiro atoms. The molecule has 3 aliphatic rings. The van der Waals surface area contributed by atoms with E-state index in [1.807, 2.05) is 0 Å². The Kier molecular flexibility index (Phi) is 2.13. The summed E-state index contributed by atoms with van der Waals surface area (Å²) in [6, 6.07) is 10.9. The Morgan fingerprint density at radius 3 is 2.14 bits per heavy atom. The fraction of sp³-hybridized carbons (Fsp3) is 0.500. The van der Waals surface area contributed by atoms with E-state index in [0.717, 1.165) is 6.54 Å². The van der Waals surface area contributed by atoms with E-state index in [4.69, 9.17) is 5.73 Å². The van der Waals surface area contributed by atoms with E-state index in [9.17, 15) is 0 Å². The predicted octanol–water partition coefficient (Wildman–Crippen LogP) is 2.49. The molecule has 1 aromatic carbocycles. The first kappa shape index (κ1) is 10.0. The fourth-order valence-electron chi connectivity index (χ4n) is 3.31. The summed E-state index contributed by atoms with van der Waals surface area (Å²) in [6.07, 6.45) is 4.00. The molecule has 3 saturated carbocycles. The molecule has 14 heavy (non-hydrogen) atoms. The highest BCUT2D eigenvalue weighted by Crippen LogP contribution is 2.72. The lowest BCUT2D eigenvalue weighted by Gasteiger charge is -2.71. The molecule has 0 heterocycles. The van der Waals surface area contributed by atoms with E-state index in [1.54, 1.807) is 0 Å². The van der Waals surface area contributed by atoms with Crippen molar-refractivity contribution in [1.82, 2.24) is 0 Å². The van der Waals surface area contributed by atoms with E-state index in [1.165, 1.54) is 24.8 Å². The monoisotopic (exact) mass is 209 g/mol. The lowest BCUT2D eigenvalue weighted by molar-refractivity contribution is -0.132. The molecule has 0 radical (unpaired) electrons. The Labute approximate surface area is 91.1 Å². The van der Waals surface area contributed by atoms with Gasteiger partial charge in [-0.05, 0) is 42.2 Å². The highest BCUT2D eigenvalue weighted by atomic mass is 35.5. The van der Waals surface area contributed by atoms with E-state index in [-0.39, 0.29) is 12.4 Å². The van der Waals surface area contributed by atoms with Gasteiger partial charge in [0.15, 0.2) is 0 Å². The molecule has 0 saturated heterocycles. The van der Waals surface area contributed by atoms with Crippen LogP contribution in [0.25, 0.3) is 0 Å². The molecule has 0 aliphatic heterocycles. The minimum atomic E-state index is 0. The van der Waals surface area contributed by atoms with Crippen molar-refractivity contribution < 1.29 is 0 Å². The summed E-state index contributed by atoms with van der Waals surface area (Å²) in [5.74, 6) is 0. The smallest absolute Gasteiger partial charge is 0.00196 e. The van der Waals surface area contributed by atoms with Gasteiger partial charge < -0.3 is 5.73 Å². The quantitative estimate of drug-likeness (QED) is 0.796. The van der Waals surface area contributed by atoms with Crippen LogP contribution in [0.3, 0.4) is 0 Å². The van der Waals surface area contributed by atoms with E-state index < -0.39 is 0 Å². The van der Waals surface area contributed by atoms with Crippen LogP contribution in [-0.4, -0.2) is 6.54 Å². The first-order valence-corrected chi connectivity index (χ1v) is 5.04. The molecule has 2 N–H and O–H groups in total. The van der Waals surface area contributed by atoms with Crippen molar-refractivity contribution in [2.45, 2.75) is 24.7 Å². The molecule has 3 aliphatic carbocycles. The minimum Gasteiger partial charge on any atom is -0.330 e. The molecule has 2 bridgehead atoms. The molecule has 3 fully saturated rings. The highest BCUT2D eigenvalue weighted by molar-refractivity contribution is 5.85. The summed E-state index contributed by atoms with van der Waals surface area (Å²) >= 11 is 0. The summed E-state index contributed by atoms with van der Waals surface area (Å²) < 4.78 is 0. The van der Waals surface area contributed by atoms with Crippen molar-refractivity contribution >= 4 is 12.4 Å². The second kappa shape index (κ2) is 2.98. The Morgan fingerprint density at radius 1 is 1.07 bits per heavy atom. The third-order valence-electron chi connectivity index (χ3n) is 3.96. The number of halogens is 1. The maximum atomic E-state index is 5.74. The van der Waals surface area contributed by atoms with Crippen LogP contribution in [0.2, 0.25) is 0 Å². The van der Waals surface area contributed by atoms with Gasteiger partial charge >= 0.3 is 0 Å². The summed E-state index contributed by atoms with van der Waals surface area (Å²) in [7, 11) is 0. The summed E-state index contributed by atoms with van der Waals surface area (Å²) in [5.41, 5.74) is 8.37. The van der Waals surface area contributed by atoms with Gasteiger partial charge in [0.2, 0.25) is 0 Å². The minimum absolute atomic E-state index is 0. The van der Waals surface area contributed by atoms with Crippen molar-refractivity contribution in [2.75, 3.05) is 6.54 Å². The zero-order valence-electron chi connectivity index (χ0n) is 8.20. The highest BCUT2D eigenvalue weighted by Gasteiger charge is 2.67. The van der Waals surface area contributed by atoms with Gasteiger partial charge in [-0.3, -0.25) is 0 Å². The molecule has 1 aromatic rings. The topological polar surface area (TPSA) is 26.0 Å². The van der Waals surface area contributed by atoms with Crippen LogP contribution in [0.15, 0.2) is 30.3 Å². The van der Waals surface area contributed by atoms with E-state index in [0.29, 0.717) is 10.8 Å². The molecule has 0 unspecified atom stereocenters. The van der Waals surface area contributed by atoms with Crippen molar-refractivity contribution in [3.05, 3.63) is 35.9 Å². The first-order valence-electron chi connectivity index (χ1n) is 5.04. The summed E-state index contributed by atoms with van der Waals surface area (Å²) in [5, 5.41) is 0. The Balaban J connectivity index is 0.000000750. The van der Waals surface area contributed by atoms with Crippen molar-refractivity contribution in [2.24, 2.45) is 11.1 Å². The maximum absolute atomic E-state index is 5.74. The van der Waals surface area contributed by atoms with Crippen LogP contribution in [0.5, 0.6) is 0 Å². The molecule has 0 aromatic heterocycles. The molecule has 2 heteroatoms. The molecular formula is C12H16ClN. The van der Waals surface area contributed by atoms with Gasteiger partial charge in [-0.15, -0.1) is 12.4 Å². The Hall–Kier alpha value is -0.530. The molecule has 1 nitrogen and oxygen atoms in total. The van der Waals surface area contributed by atoms with Gasteiger partial charge in [0.1, 0.15) is 0 Å². The van der Waals surface area contributed by atoms with E-state index >= 15 is 0 Å². The van der Waals surface area contributed by atoms with Gasteiger partial charge in [0.25, 0.3) is 0 Å². The average molecular weight is 210 g/mol. The molecule has 76 valence electrons. The van der Waals surface area contributed by atoms with Crippen LogP contribution in [0.4, 0.5) is 0 Å². The molecular weight excluding hydrogens is 194 g/mol. The third kappa shape index (κ3) is 1.06. The summed E-state index contributed by atoms with van der Waals surface area (Å²) in [4.78, 5) is 0. The van der Waals surface area contributed by atoms with Crippen molar-refractivity contribution in [1.29, 1.82) is 0 Å². The van der Waals surface area contributed by atoms with Gasteiger partial charge in [0.05, 0.1) is 0 Å². The number of benzene rings is 1. The van der Waals surface area contributed by atoms with Gasteiger partial charge in [0, 0.05) is 0 Å². The number of hydrogen-bond donors (Lipinski definition) is 1. The Bertz CT molecular complexity index is 314. The van der Waals surface area contributed by atoms with Gasteiger partial charge in [-0.2, -0.15) is 0 Å². The number of hydrogen-bond acceptors (Lipinski definition) is 1. The SMILES string of the molecule is Cl.NCC12CC(c3ccccc3)(C1)C2. The van der Waals surface area contributed by atoms with Crippen LogP contribution < -0.4 is 5.73 Å². The zero-order valence-corrected chi connectivity index (χ0v) is 9.02. The van der Waals surface area contributed by atoms with Gasteiger partial charge in [-0.25, -0.2) is 0 Å². The normalized spacial score (nSPS) is 37.8. The molecule has 0 atom stereocenters. The fourth-order valence-corrected chi connectivity index (χ4v) is 3.31.